The zero-order chi connectivity index (χ0) is 14.4. The molecule has 0 fully saturated rings. The molecule has 1 heterocycles. The van der Waals surface area contributed by atoms with Crippen LogP contribution in [0.1, 0.15) is 19.8 Å². The van der Waals surface area contributed by atoms with Gasteiger partial charge in [-0.05, 0) is 18.6 Å². The Hall–Kier alpha value is -2.63. The molecule has 6 heteroatoms. The molecule has 0 spiro atoms. The van der Waals surface area contributed by atoms with Gasteiger partial charge in [-0.1, -0.05) is 31.5 Å². The van der Waals surface area contributed by atoms with Crippen molar-refractivity contribution in [2.75, 3.05) is 0 Å². The molecular weight excluding hydrogens is 258 g/mol. The fraction of sp³-hybridized carbons (Fsp3) is 0.214. The minimum absolute atomic E-state index is 0.121. The number of benzene rings is 1. The maximum absolute atomic E-state index is 11.4. The van der Waals surface area contributed by atoms with Crippen molar-refractivity contribution in [3.8, 4) is 5.75 Å². The molecule has 2 aromatic rings. The van der Waals surface area contributed by atoms with Crippen LogP contribution < -0.4 is 4.74 Å². The lowest BCUT2D eigenvalue weighted by Gasteiger charge is -2.12. The molecule has 1 aromatic heterocycles. The lowest BCUT2D eigenvalue weighted by atomic mass is 10.1. The van der Waals surface area contributed by atoms with Gasteiger partial charge in [0, 0.05) is 0 Å². The number of carbonyl (C=O) groups is 1. The van der Waals surface area contributed by atoms with Gasteiger partial charge >= 0.3 is 5.97 Å². The number of carboxylic acids is 1. The van der Waals surface area contributed by atoms with E-state index in [2.05, 4.69) is 10.2 Å². The highest BCUT2D eigenvalue weighted by Gasteiger charge is 2.19. The van der Waals surface area contributed by atoms with Gasteiger partial charge in [-0.15, -0.1) is 4.80 Å². The van der Waals surface area contributed by atoms with Crippen molar-refractivity contribution in [1.82, 2.24) is 15.0 Å². The lowest BCUT2D eigenvalue weighted by Crippen LogP contribution is -2.15. The fourth-order valence-electron chi connectivity index (χ4n) is 1.70. The van der Waals surface area contributed by atoms with Crippen LogP contribution in [0.25, 0.3) is 5.88 Å². The third-order valence-electron chi connectivity index (χ3n) is 2.57. The zero-order valence-corrected chi connectivity index (χ0v) is 11.1. The van der Waals surface area contributed by atoms with E-state index in [4.69, 9.17) is 4.74 Å². The summed E-state index contributed by atoms with van der Waals surface area (Å²) in [7, 11) is 0. The van der Waals surface area contributed by atoms with Crippen LogP contribution in [0.3, 0.4) is 0 Å². The Labute approximate surface area is 116 Å². The van der Waals surface area contributed by atoms with Crippen molar-refractivity contribution in [2.45, 2.75) is 19.8 Å². The molecule has 20 heavy (non-hydrogen) atoms. The van der Waals surface area contributed by atoms with Crippen LogP contribution in [-0.2, 0) is 4.79 Å². The van der Waals surface area contributed by atoms with E-state index in [1.807, 2.05) is 25.1 Å². The minimum atomic E-state index is -1.03. The van der Waals surface area contributed by atoms with Crippen molar-refractivity contribution in [3.05, 3.63) is 48.3 Å². The number of aromatic nitrogens is 3. The third-order valence-corrected chi connectivity index (χ3v) is 2.57. The molecule has 0 aliphatic heterocycles. The first-order chi connectivity index (χ1) is 9.72. The normalized spacial score (nSPS) is 11.8. The molecule has 0 radical (unpaired) electrons. The van der Waals surface area contributed by atoms with E-state index in [-0.39, 0.29) is 11.5 Å². The first-order valence-corrected chi connectivity index (χ1v) is 6.28. The minimum Gasteiger partial charge on any atom is -0.478 e. The quantitative estimate of drug-likeness (QED) is 0.646. The van der Waals surface area contributed by atoms with E-state index < -0.39 is 5.97 Å². The highest BCUT2D eigenvalue weighted by Crippen LogP contribution is 2.20. The Kier molecular flexibility index (Phi) is 4.49. The van der Waals surface area contributed by atoms with Gasteiger partial charge in [0.1, 0.15) is 11.3 Å². The summed E-state index contributed by atoms with van der Waals surface area (Å²) in [5.41, 5.74) is 0.146. The second-order valence-corrected chi connectivity index (χ2v) is 4.07. The van der Waals surface area contributed by atoms with Crippen LogP contribution in [0, 0.1) is 0 Å². The summed E-state index contributed by atoms with van der Waals surface area (Å²) in [6, 6.07) is 8.96. The molecule has 1 aromatic carbocycles. The number of carboxylic acid groups (broad SMARTS) is 1. The van der Waals surface area contributed by atoms with Gasteiger partial charge in [0.2, 0.25) is 5.88 Å². The van der Waals surface area contributed by atoms with E-state index in [0.717, 1.165) is 0 Å². The molecular formula is C14H15N3O3. The van der Waals surface area contributed by atoms with Gasteiger partial charge in [-0.2, -0.15) is 10.2 Å². The molecule has 0 aliphatic rings. The number of ether oxygens (including phenoxy) is 1. The molecule has 0 aliphatic carbocycles. The summed E-state index contributed by atoms with van der Waals surface area (Å²) in [5.74, 6) is -0.375. The van der Waals surface area contributed by atoms with Crippen molar-refractivity contribution in [1.29, 1.82) is 0 Å². The first-order valence-electron chi connectivity index (χ1n) is 6.28. The summed E-state index contributed by atoms with van der Waals surface area (Å²) in [6.07, 6.45) is 4.00. The van der Waals surface area contributed by atoms with Gasteiger partial charge in [0.05, 0.1) is 12.4 Å². The van der Waals surface area contributed by atoms with E-state index in [9.17, 15) is 9.90 Å². The fourth-order valence-corrected chi connectivity index (χ4v) is 1.70. The van der Waals surface area contributed by atoms with Crippen LogP contribution in [0.5, 0.6) is 5.75 Å². The lowest BCUT2D eigenvalue weighted by molar-refractivity contribution is -0.132. The molecule has 0 saturated heterocycles. The van der Waals surface area contributed by atoms with Crippen molar-refractivity contribution >= 4 is 11.9 Å². The van der Waals surface area contributed by atoms with Gasteiger partial charge < -0.3 is 9.84 Å². The molecule has 0 amide bonds. The molecule has 0 bridgehead atoms. The standard InChI is InChI=1S/C14H15N3O3/c1-2-6-12(14(18)19)13(17-15-9-10-16-17)20-11-7-4-3-5-8-11/h3-5,7-10H,2,6H2,1H3,(H,18,19). The maximum atomic E-state index is 11.4. The summed E-state index contributed by atoms with van der Waals surface area (Å²) in [4.78, 5) is 12.6. The van der Waals surface area contributed by atoms with Crippen molar-refractivity contribution in [3.63, 3.8) is 0 Å². The van der Waals surface area contributed by atoms with Gasteiger partial charge in [0.15, 0.2) is 0 Å². The van der Waals surface area contributed by atoms with Crippen LogP contribution in [0.15, 0.2) is 48.3 Å². The van der Waals surface area contributed by atoms with E-state index >= 15 is 0 Å². The second kappa shape index (κ2) is 6.51. The van der Waals surface area contributed by atoms with E-state index in [1.54, 1.807) is 12.1 Å². The van der Waals surface area contributed by atoms with Gasteiger partial charge in [0.25, 0.3) is 0 Å². The number of rotatable bonds is 6. The smallest absolute Gasteiger partial charge is 0.337 e. The number of aliphatic carboxylic acids is 1. The van der Waals surface area contributed by atoms with Crippen LogP contribution >= 0.6 is 0 Å². The Morgan fingerprint density at radius 1 is 1.25 bits per heavy atom. The van der Waals surface area contributed by atoms with Crippen LogP contribution in [-0.4, -0.2) is 26.1 Å². The SMILES string of the molecule is CCCC(C(=O)O)=C(Oc1ccccc1)n1nccn1. The highest BCUT2D eigenvalue weighted by atomic mass is 16.5. The summed E-state index contributed by atoms with van der Waals surface area (Å²) in [5, 5.41) is 17.3. The van der Waals surface area contributed by atoms with Crippen molar-refractivity contribution in [2.24, 2.45) is 0 Å². The Balaban J connectivity index is 2.44. The molecule has 0 unspecified atom stereocenters. The number of hydrogen-bond donors (Lipinski definition) is 1. The van der Waals surface area contributed by atoms with Crippen LogP contribution in [0.2, 0.25) is 0 Å². The van der Waals surface area contributed by atoms with Crippen molar-refractivity contribution < 1.29 is 14.6 Å². The number of hydrogen-bond acceptors (Lipinski definition) is 4. The molecule has 6 nitrogen and oxygen atoms in total. The molecule has 0 atom stereocenters. The van der Waals surface area contributed by atoms with Gasteiger partial charge in [-0.25, -0.2) is 4.79 Å². The Morgan fingerprint density at radius 2 is 1.90 bits per heavy atom. The molecule has 1 N–H and O–H groups in total. The van der Waals surface area contributed by atoms with Crippen LogP contribution in [0.4, 0.5) is 0 Å². The summed E-state index contributed by atoms with van der Waals surface area (Å²) < 4.78 is 5.67. The molecule has 104 valence electrons. The van der Waals surface area contributed by atoms with E-state index in [1.165, 1.54) is 17.2 Å². The predicted molar refractivity (Wildman–Crippen MR) is 72.9 cm³/mol. The largest absolute Gasteiger partial charge is 0.478 e. The molecule has 2 rings (SSSR count). The summed E-state index contributed by atoms with van der Waals surface area (Å²) in [6.45, 7) is 1.90. The topological polar surface area (TPSA) is 77.2 Å². The van der Waals surface area contributed by atoms with Gasteiger partial charge in [-0.3, -0.25) is 0 Å². The predicted octanol–water partition coefficient (Wildman–Crippen LogP) is 2.41. The molecule has 0 saturated carbocycles. The Morgan fingerprint density at radius 3 is 2.45 bits per heavy atom. The first kappa shape index (κ1) is 13.8. The maximum Gasteiger partial charge on any atom is 0.337 e. The number of nitrogens with zero attached hydrogens (tertiary/aromatic N) is 3. The average molecular weight is 273 g/mol. The zero-order valence-electron chi connectivity index (χ0n) is 11.1. The monoisotopic (exact) mass is 273 g/mol. The number of para-hydroxylation sites is 1. The average Bonchev–Trinajstić information content (AvgIpc) is 2.97. The highest BCUT2D eigenvalue weighted by molar-refractivity contribution is 5.92. The third kappa shape index (κ3) is 3.23. The summed E-state index contributed by atoms with van der Waals surface area (Å²) >= 11 is 0. The van der Waals surface area contributed by atoms with E-state index in [0.29, 0.717) is 18.6 Å². The second-order valence-electron chi connectivity index (χ2n) is 4.07. The Bertz CT molecular complexity index is 591.